The summed E-state index contributed by atoms with van der Waals surface area (Å²) in [5.74, 6) is 0.954. The lowest BCUT2D eigenvalue weighted by atomic mass is 9.85. The molecule has 82 valence electrons. The van der Waals surface area contributed by atoms with E-state index in [0.29, 0.717) is 0 Å². The summed E-state index contributed by atoms with van der Waals surface area (Å²) >= 11 is 1.84. The fraction of sp³-hybridized carbons (Fsp3) is 0.571. The molecule has 0 spiro atoms. The predicted octanol–water partition coefficient (Wildman–Crippen LogP) is 4.53. The lowest BCUT2D eigenvalue weighted by Gasteiger charge is -2.21. The first kappa shape index (κ1) is 11.1. The van der Waals surface area contributed by atoms with Crippen LogP contribution in [-0.4, -0.2) is 6.26 Å². The zero-order chi connectivity index (χ0) is 10.5. The van der Waals surface area contributed by atoms with Crippen molar-refractivity contribution in [3.8, 4) is 0 Å². The summed E-state index contributed by atoms with van der Waals surface area (Å²) in [4.78, 5) is 1.41. The molecule has 0 heterocycles. The topological polar surface area (TPSA) is 0 Å². The van der Waals surface area contributed by atoms with Crippen LogP contribution in [0.3, 0.4) is 0 Å². The van der Waals surface area contributed by atoms with Crippen molar-refractivity contribution in [1.82, 2.24) is 0 Å². The molecule has 1 fully saturated rings. The van der Waals surface area contributed by atoms with Gasteiger partial charge in [-0.1, -0.05) is 44.2 Å². The minimum atomic E-state index is 0.954. The SMILES string of the molecule is CSc1cccc(CC2CCCCC2)c1. The molecule has 1 saturated carbocycles. The monoisotopic (exact) mass is 220 g/mol. The summed E-state index contributed by atoms with van der Waals surface area (Å²) in [7, 11) is 0. The van der Waals surface area contributed by atoms with E-state index in [1.165, 1.54) is 49.0 Å². The summed E-state index contributed by atoms with van der Waals surface area (Å²) in [6.45, 7) is 0. The molecule has 0 N–H and O–H groups in total. The van der Waals surface area contributed by atoms with Gasteiger partial charge in [0.2, 0.25) is 0 Å². The van der Waals surface area contributed by atoms with Crippen molar-refractivity contribution in [3.05, 3.63) is 29.8 Å². The van der Waals surface area contributed by atoms with Gasteiger partial charge in [0, 0.05) is 4.90 Å². The van der Waals surface area contributed by atoms with E-state index in [1.807, 2.05) is 11.8 Å². The van der Waals surface area contributed by atoms with Crippen LogP contribution in [-0.2, 0) is 6.42 Å². The van der Waals surface area contributed by atoms with Crippen LogP contribution in [0, 0.1) is 5.92 Å². The standard InChI is InChI=1S/C14H20S/c1-15-14-9-5-8-13(11-14)10-12-6-3-2-4-7-12/h5,8-9,11-12H,2-4,6-7,10H2,1H3. The number of hydrogen-bond acceptors (Lipinski definition) is 1. The Bertz CT molecular complexity index is 300. The van der Waals surface area contributed by atoms with Gasteiger partial charge in [-0.25, -0.2) is 0 Å². The molecule has 0 unspecified atom stereocenters. The molecule has 2 rings (SSSR count). The van der Waals surface area contributed by atoms with E-state index in [2.05, 4.69) is 30.5 Å². The van der Waals surface area contributed by atoms with Crippen LogP contribution >= 0.6 is 11.8 Å². The first-order chi connectivity index (χ1) is 7.38. The Labute approximate surface area is 97.5 Å². The highest BCUT2D eigenvalue weighted by Crippen LogP contribution is 2.27. The molecule has 1 aromatic carbocycles. The molecule has 15 heavy (non-hydrogen) atoms. The van der Waals surface area contributed by atoms with Crippen LogP contribution in [0.15, 0.2) is 29.2 Å². The molecule has 1 aliphatic rings. The van der Waals surface area contributed by atoms with E-state index in [4.69, 9.17) is 0 Å². The smallest absolute Gasteiger partial charge is 0.00718 e. The predicted molar refractivity (Wildman–Crippen MR) is 68.5 cm³/mol. The molecule has 0 radical (unpaired) electrons. The number of rotatable bonds is 3. The van der Waals surface area contributed by atoms with Gasteiger partial charge in [0.15, 0.2) is 0 Å². The van der Waals surface area contributed by atoms with Crippen LogP contribution < -0.4 is 0 Å². The molecule has 0 aliphatic heterocycles. The Morgan fingerprint density at radius 3 is 2.73 bits per heavy atom. The molecule has 0 amide bonds. The molecule has 0 aromatic heterocycles. The van der Waals surface area contributed by atoms with Gasteiger partial charge in [0.1, 0.15) is 0 Å². The average Bonchev–Trinajstić information content (AvgIpc) is 2.31. The number of hydrogen-bond donors (Lipinski definition) is 0. The van der Waals surface area contributed by atoms with E-state index < -0.39 is 0 Å². The third kappa shape index (κ3) is 3.27. The van der Waals surface area contributed by atoms with Crippen LogP contribution in [0.5, 0.6) is 0 Å². The summed E-state index contributed by atoms with van der Waals surface area (Å²) in [5, 5.41) is 0. The van der Waals surface area contributed by atoms with Gasteiger partial charge < -0.3 is 0 Å². The summed E-state index contributed by atoms with van der Waals surface area (Å²) < 4.78 is 0. The van der Waals surface area contributed by atoms with E-state index in [-0.39, 0.29) is 0 Å². The first-order valence-corrected chi connectivity index (χ1v) is 7.24. The first-order valence-electron chi connectivity index (χ1n) is 6.01. The van der Waals surface area contributed by atoms with Gasteiger partial charge in [-0.2, -0.15) is 0 Å². The number of thioether (sulfide) groups is 1. The van der Waals surface area contributed by atoms with E-state index in [1.54, 1.807) is 0 Å². The third-order valence-corrected chi connectivity index (χ3v) is 4.11. The fourth-order valence-electron chi connectivity index (χ4n) is 2.52. The van der Waals surface area contributed by atoms with Crippen LogP contribution in [0.4, 0.5) is 0 Å². The Morgan fingerprint density at radius 1 is 1.20 bits per heavy atom. The minimum absolute atomic E-state index is 0.954. The van der Waals surface area contributed by atoms with Gasteiger partial charge in [0.05, 0.1) is 0 Å². The van der Waals surface area contributed by atoms with Crippen molar-refractivity contribution in [1.29, 1.82) is 0 Å². The van der Waals surface area contributed by atoms with Crippen molar-refractivity contribution < 1.29 is 0 Å². The number of benzene rings is 1. The normalized spacial score (nSPS) is 17.9. The second-order valence-corrected chi connectivity index (χ2v) is 5.44. The zero-order valence-electron chi connectivity index (χ0n) is 9.54. The molecular formula is C14H20S. The summed E-state index contributed by atoms with van der Waals surface area (Å²) in [6.07, 6.45) is 10.7. The molecule has 1 aliphatic carbocycles. The van der Waals surface area contributed by atoms with Gasteiger partial charge in [-0.15, -0.1) is 11.8 Å². The van der Waals surface area contributed by atoms with Gasteiger partial charge in [-0.3, -0.25) is 0 Å². The van der Waals surface area contributed by atoms with Crippen molar-refractivity contribution in [3.63, 3.8) is 0 Å². The largest absolute Gasteiger partial charge is 0.130 e. The van der Waals surface area contributed by atoms with Crippen LogP contribution in [0.1, 0.15) is 37.7 Å². The third-order valence-electron chi connectivity index (χ3n) is 3.38. The second kappa shape index (κ2) is 5.60. The fourth-order valence-corrected chi connectivity index (χ4v) is 3.01. The van der Waals surface area contributed by atoms with Crippen LogP contribution in [0.25, 0.3) is 0 Å². The van der Waals surface area contributed by atoms with E-state index >= 15 is 0 Å². The molecule has 0 nitrogen and oxygen atoms in total. The van der Waals surface area contributed by atoms with Crippen molar-refractivity contribution in [2.24, 2.45) is 5.92 Å². The average molecular weight is 220 g/mol. The minimum Gasteiger partial charge on any atom is -0.130 e. The van der Waals surface area contributed by atoms with Crippen LogP contribution in [0.2, 0.25) is 0 Å². The summed E-state index contributed by atoms with van der Waals surface area (Å²) in [6, 6.07) is 9.05. The quantitative estimate of drug-likeness (QED) is 0.674. The Balaban J connectivity index is 1.96. The van der Waals surface area contributed by atoms with Gasteiger partial charge in [-0.05, 0) is 36.3 Å². The molecular weight excluding hydrogens is 200 g/mol. The molecule has 0 saturated heterocycles. The highest BCUT2D eigenvalue weighted by atomic mass is 32.2. The maximum atomic E-state index is 2.36. The highest BCUT2D eigenvalue weighted by molar-refractivity contribution is 7.98. The van der Waals surface area contributed by atoms with Gasteiger partial charge >= 0.3 is 0 Å². The zero-order valence-corrected chi connectivity index (χ0v) is 10.4. The highest BCUT2D eigenvalue weighted by Gasteiger charge is 2.13. The van der Waals surface area contributed by atoms with E-state index in [9.17, 15) is 0 Å². The van der Waals surface area contributed by atoms with Crippen molar-refractivity contribution in [2.75, 3.05) is 6.26 Å². The maximum absolute atomic E-state index is 2.36. The molecule has 1 aromatic rings. The molecule has 0 atom stereocenters. The lowest BCUT2D eigenvalue weighted by molar-refractivity contribution is 0.356. The lowest BCUT2D eigenvalue weighted by Crippen LogP contribution is -2.09. The van der Waals surface area contributed by atoms with Crippen molar-refractivity contribution >= 4 is 11.8 Å². The van der Waals surface area contributed by atoms with Gasteiger partial charge in [0.25, 0.3) is 0 Å². The Morgan fingerprint density at radius 2 is 2.00 bits per heavy atom. The van der Waals surface area contributed by atoms with E-state index in [0.717, 1.165) is 5.92 Å². The second-order valence-electron chi connectivity index (χ2n) is 4.56. The summed E-state index contributed by atoms with van der Waals surface area (Å²) in [5.41, 5.74) is 1.54. The maximum Gasteiger partial charge on any atom is 0.00718 e. The molecule has 1 heteroatoms. The Hall–Kier alpha value is -0.430. The van der Waals surface area contributed by atoms with Crippen molar-refractivity contribution in [2.45, 2.75) is 43.4 Å². The Kier molecular flexibility index (Phi) is 4.13. The molecule has 0 bridgehead atoms.